The predicted molar refractivity (Wildman–Crippen MR) is 75.7 cm³/mol. The van der Waals surface area contributed by atoms with Crippen molar-refractivity contribution in [2.75, 3.05) is 33.7 Å². The molecule has 20 heavy (non-hydrogen) atoms. The van der Waals surface area contributed by atoms with E-state index in [4.69, 9.17) is 0 Å². The molecule has 1 fully saturated rings. The van der Waals surface area contributed by atoms with Gasteiger partial charge >= 0.3 is 0 Å². The fraction of sp³-hybridized carbons (Fsp3) is 0.462. The van der Waals surface area contributed by atoms with Crippen molar-refractivity contribution in [2.24, 2.45) is 0 Å². The molecule has 1 saturated heterocycles. The molecule has 0 saturated carbocycles. The van der Waals surface area contributed by atoms with Crippen LogP contribution in [-0.2, 0) is 14.8 Å². The standard InChI is InChI=1S/C13H19N3O3S/c1-14-13(17)12-10-15(2)8-9-16(12)20(18,19)11-6-4-3-5-7-11/h3-7,12H,8-10H2,1-2H3,(H,14,17)/t12-/m0/s1. The van der Waals surface area contributed by atoms with Gasteiger partial charge in [-0.05, 0) is 19.2 Å². The first-order valence-electron chi connectivity index (χ1n) is 6.44. The molecule has 1 aromatic carbocycles. The lowest BCUT2D eigenvalue weighted by Crippen LogP contribution is -2.59. The first-order chi connectivity index (χ1) is 9.46. The maximum absolute atomic E-state index is 12.7. The van der Waals surface area contributed by atoms with Crippen LogP contribution in [-0.4, -0.2) is 63.3 Å². The van der Waals surface area contributed by atoms with Gasteiger partial charge in [0, 0.05) is 26.7 Å². The average Bonchev–Trinajstić information content (AvgIpc) is 2.47. The van der Waals surface area contributed by atoms with Gasteiger partial charge in [-0.3, -0.25) is 4.79 Å². The summed E-state index contributed by atoms with van der Waals surface area (Å²) in [6.45, 7) is 1.32. The first kappa shape index (κ1) is 15.0. The van der Waals surface area contributed by atoms with Crippen molar-refractivity contribution < 1.29 is 13.2 Å². The van der Waals surface area contributed by atoms with Gasteiger partial charge in [0.2, 0.25) is 15.9 Å². The molecule has 7 heteroatoms. The zero-order valence-electron chi connectivity index (χ0n) is 11.6. The van der Waals surface area contributed by atoms with Gasteiger partial charge in [-0.1, -0.05) is 18.2 Å². The highest BCUT2D eigenvalue weighted by Crippen LogP contribution is 2.21. The van der Waals surface area contributed by atoms with Crippen LogP contribution in [0.25, 0.3) is 0 Å². The largest absolute Gasteiger partial charge is 0.358 e. The van der Waals surface area contributed by atoms with Gasteiger partial charge in [-0.25, -0.2) is 8.42 Å². The Morgan fingerprint density at radius 1 is 1.25 bits per heavy atom. The number of benzene rings is 1. The summed E-state index contributed by atoms with van der Waals surface area (Å²) < 4.78 is 26.6. The number of amides is 1. The Morgan fingerprint density at radius 2 is 1.90 bits per heavy atom. The fourth-order valence-electron chi connectivity index (χ4n) is 2.30. The third-order valence-electron chi connectivity index (χ3n) is 3.43. The van der Waals surface area contributed by atoms with Crippen LogP contribution in [0.15, 0.2) is 35.2 Å². The summed E-state index contributed by atoms with van der Waals surface area (Å²) in [5.41, 5.74) is 0. The summed E-state index contributed by atoms with van der Waals surface area (Å²) in [5, 5.41) is 2.54. The van der Waals surface area contributed by atoms with Crippen molar-refractivity contribution in [1.82, 2.24) is 14.5 Å². The van der Waals surface area contributed by atoms with Gasteiger partial charge in [-0.2, -0.15) is 4.31 Å². The van der Waals surface area contributed by atoms with E-state index in [0.29, 0.717) is 19.6 Å². The van der Waals surface area contributed by atoms with Gasteiger partial charge in [-0.15, -0.1) is 0 Å². The minimum Gasteiger partial charge on any atom is -0.358 e. The van der Waals surface area contributed by atoms with E-state index in [1.807, 2.05) is 11.9 Å². The second-order valence-corrected chi connectivity index (χ2v) is 6.71. The molecule has 1 aromatic rings. The van der Waals surface area contributed by atoms with E-state index in [1.54, 1.807) is 30.3 Å². The van der Waals surface area contributed by atoms with Crippen molar-refractivity contribution in [3.05, 3.63) is 30.3 Å². The lowest BCUT2D eigenvalue weighted by Gasteiger charge is -2.37. The summed E-state index contributed by atoms with van der Waals surface area (Å²) in [5.74, 6) is -0.281. The molecule has 0 radical (unpaired) electrons. The van der Waals surface area contributed by atoms with Crippen LogP contribution < -0.4 is 5.32 Å². The van der Waals surface area contributed by atoms with Crippen LogP contribution in [0.3, 0.4) is 0 Å². The second kappa shape index (κ2) is 5.90. The second-order valence-electron chi connectivity index (χ2n) is 4.82. The fourth-order valence-corrected chi connectivity index (χ4v) is 3.89. The number of carbonyl (C=O) groups excluding carboxylic acids is 1. The molecule has 2 rings (SSSR count). The normalized spacial score (nSPS) is 21.6. The molecule has 0 bridgehead atoms. The van der Waals surface area contributed by atoms with Gasteiger partial charge in [0.25, 0.3) is 0 Å². The van der Waals surface area contributed by atoms with Crippen LogP contribution in [0, 0.1) is 0 Å². The number of hydrogen-bond donors (Lipinski definition) is 1. The highest BCUT2D eigenvalue weighted by Gasteiger charge is 2.38. The zero-order chi connectivity index (χ0) is 14.8. The van der Waals surface area contributed by atoms with Crippen molar-refractivity contribution in [1.29, 1.82) is 0 Å². The molecule has 0 aliphatic carbocycles. The predicted octanol–water partition coefficient (Wildman–Crippen LogP) is -0.263. The molecule has 0 spiro atoms. The highest BCUT2D eigenvalue weighted by atomic mass is 32.2. The first-order valence-corrected chi connectivity index (χ1v) is 7.88. The highest BCUT2D eigenvalue weighted by molar-refractivity contribution is 7.89. The number of rotatable bonds is 3. The number of nitrogens with zero attached hydrogens (tertiary/aromatic N) is 2. The minimum absolute atomic E-state index is 0.221. The van der Waals surface area contributed by atoms with E-state index in [1.165, 1.54) is 11.4 Å². The number of carbonyl (C=O) groups is 1. The van der Waals surface area contributed by atoms with Crippen LogP contribution in [0.2, 0.25) is 0 Å². The SMILES string of the molecule is CNC(=O)[C@@H]1CN(C)CCN1S(=O)(=O)c1ccccc1. The maximum Gasteiger partial charge on any atom is 0.243 e. The summed E-state index contributed by atoms with van der Waals surface area (Å²) in [6.07, 6.45) is 0. The number of piperazine rings is 1. The maximum atomic E-state index is 12.7. The van der Waals surface area contributed by atoms with Crippen LogP contribution in [0.4, 0.5) is 0 Å². The molecular weight excluding hydrogens is 278 g/mol. The summed E-state index contributed by atoms with van der Waals surface area (Å²) in [4.78, 5) is 14.1. The Morgan fingerprint density at radius 3 is 2.50 bits per heavy atom. The Bertz CT molecular complexity index is 574. The van der Waals surface area contributed by atoms with Crippen molar-refractivity contribution in [3.8, 4) is 0 Å². The van der Waals surface area contributed by atoms with Crippen molar-refractivity contribution >= 4 is 15.9 Å². The van der Waals surface area contributed by atoms with E-state index in [2.05, 4.69) is 5.32 Å². The Hall–Kier alpha value is -1.44. The molecule has 6 nitrogen and oxygen atoms in total. The quantitative estimate of drug-likeness (QED) is 0.834. The molecule has 0 aromatic heterocycles. The summed E-state index contributed by atoms with van der Waals surface area (Å²) >= 11 is 0. The molecule has 0 unspecified atom stereocenters. The molecule has 1 aliphatic rings. The van der Waals surface area contributed by atoms with Gasteiger partial charge < -0.3 is 10.2 Å². The minimum atomic E-state index is -3.64. The van der Waals surface area contributed by atoms with E-state index in [0.717, 1.165) is 0 Å². The molecule has 1 amide bonds. The topological polar surface area (TPSA) is 69.7 Å². The molecule has 1 aliphatic heterocycles. The molecule has 1 atom stereocenters. The number of nitrogens with one attached hydrogen (secondary N) is 1. The van der Waals surface area contributed by atoms with E-state index < -0.39 is 16.1 Å². The molecule has 1 heterocycles. The van der Waals surface area contributed by atoms with Crippen LogP contribution >= 0.6 is 0 Å². The Kier molecular flexibility index (Phi) is 4.42. The van der Waals surface area contributed by atoms with Crippen LogP contribution in [0.1, 0.15) is 0 Å². The lowest BCUT2D eigenvalue weighted by atomic mass is 10.2. The van der Waals surface area contributed by atoms with Gasteiger partial charge in [0.05, 0.1) is 4.90 Å². The lowest BCUT2D eigenvalue weighted by molar-refractivity contribution is -0.125. The van der Waals surface area contributed by atoms with Crippen LogP contribution in [0.5, 0.6) is 0 Å². The van der Waals surface area contributed by atoms with Crippen molar-refractivity contribution in [2.45, 2.75) is 10.9 Å². The van der Waals surface area contributed by atoms with Gasteiger partial charge in [0.1, 0.15) is 6.04 Å². The van der Waals surface area contributed by atoms with Crippen molar-refractivity contribution in [3.63, 3.8) is 0 Å². The third kappa shape index (κ3) is 2.84. The third-order valence-corrected chi connectivity index (χ3v) is 5.36. The molecular formula is C13H19N3O3S. The van der Waals surface area contributed by atoms with E-state index >= 15 is 0 Å². The number of sulfonamides is 1. The van der Waals surface area contributed by atoms with Gasteiger partial charge in [0.15, 0.2) is 0 Å². The molecule has 1 N–H and O–H groups in total. The smallest absolute Gasteiger partial charge is 0.243 e. The Labute approximate surface area is 119 Å². The average molecular weight is 297 g/mol. The van der Waals surface area contributed by atoms with E-state index in [9.17, 15) is 13.2 Å². The number of likely N-dealkylation sites (N-methyl/N-ethyl adjacent to an activating group) is 2. The summed E-state index contributed by atoms with van der Waals surface area (Å²) in [6, 6.07) is 7.53. The Balaban J connectivity index is 2.36. The zero-order valence-corrected chi connectivity index (χ0v) is 12.4. The number of hydrogen-bond acceptors (Lipinski definition) is 4. The molecule has 110 valence electrons. The van der Waals surface area contributed by atoms with E-state index in [-0.39, 0.29) is 10.8 Å². The monoisotopic (exact) mass is 297 g/mol. The summed E-state index contributed by atoms with van der Waals surface area (Å²) in [7, 11) is -0.248.